The molecule has 6 aliphatic heterocycles. The lowest BCUT2D eigenvalue weighted by Gasteiger charge is -2.60. The van der Waals surface area contributed by atoms with Crippen molar-refractivity contribution in [2.45, 2.75) is 310 Å². The molecule has 0 aromatic heterocycles. The molecule has 0 aromatic rings. The van der Waals surface area contributed by atoms with Gasteiger partial charge in [-0.25, -0.2) is 4.18 Å². The van der Waals surface area contributed by atoms with Crippen LogP contribution in [0.3, 0.4) is 0 Å². The third kappa shape index (κ3) is 13.9. The summed E-state index contributed by atoms with van der Waals surface area (Å²) < 4.78 is 113. The molecule has 15 N–H and O–H groups in total. The molecule has 40 atom stereocenters. The molecular formula is C63H104O30S. The molecule has 5 aliphatic carbocycles. The van der Waals surface area contributed by atoms with Gasteiger partial charge >= 0.3 is 10.4 Å². The van der Waals surface area contributed by atoms with E-state index in [1.54, 1.807) is 0 Å². The van der Waals surface area contributed by atoms with Crippen LogP contribution in [0.25, 0.3) is 0 Å². The molecule has 31 heteroatoms. The van der Waals surface area contributed by atoms with E-state index in [1.165, 1.54) is 33.3 Å². The zero-order valence-electron chi connectivity index (χ0n) is 54.8. The predicted molar refractivity (Wildman–Crippen MR) is 317 cm³/mol. The van der Waals surface area contributed by atoms with Gasteiger partial charge in [-0.1, -0.05) is 46.3 Å². The lowest BCUT2D eigenvalue weighted by atomic mass is 9.47. The van der Waals surface area contributed by atoms with Crippen LogP contribution in [0.5, 0.6) is 0 Å². The minimum atomic E-state index is -4.87. The maximum Gasteiger partial charge on any atom is 0.397 e. The van der Waals surface area contributed by atoms with E-state index in [2.05, 4.69) is 40.7 Å². The first-order valence-electron chi connectivity index (χ1n) is 33.7. The highest BCUT2D eigenvalue weighted by Crippen LogP contribution is 2.69. The predicted octanol–water partition coefficient (Wildman–Crippen LogP) is -2.26. The second kappa shape index (κ2) is 28.1. The van der Waals surface area contributed by atoms with E-state index in [0.717, 1.165) is 25.7 Å². The fourth-order valence-corrected chi connectivity index (χ4v) is 18.5. The molecule has 94 heavy (non-hydrogen) atoms. The summed E-state index contributed by atoms with van der Waals surface area (Å²) in [6.45, 7) is 17.7. The molecule has 0 bridgehead atoms. The molecule has 40 unspecified atom stereocenters. The van der Waals surface area contributed by atoms with Gasteiger partial charge in [0.15, 0.2) is 37.7 Å². The van der Waals surface area contributed by atoms with E-state index in [4.69, 9.17) is 61.0 Å². The Labute approximate surface area is 547 Å². The molecule has 11 aliphatic rings. The number of hydrogen-bond acceptors (Lipinski definition) is 29. The summed E-state index contributed by atoms with van der Waals surface area (Å²) in [5.74, 6) is 1.08. The van der Waals surface area contributed by atoms with Crippen molar-refractivity contribution in [3.63, 3.8) is 0 Å². The minimum Gasteiger partial charge on any atom is -0.390 e. The molecule has 0 amide bonds. The smallest absolute Gasteiger partial charge is 0.390 e. The summed E-state index contributed by atoms with van der Waals surface area (Å²) in [6.07, 6.45) is -41.8. The van der Waals surface area contributed by atoms with Crippen molar-refractivity contribution in [1.29, 1.82) is 0 Å². The number of ether oxygens (including phenoxy) is 12. The van der Waals surface area contributed by atoms with E-state index >= 15 is 0 Å². The maximum absolute atomic E-state index is 12.7. The lowest BCUT2D eigenvalue weighted by molar-refractivity contribution is -0.400. The van der Waals surface area contributed by atoms with Crippen molar-refractivity contribution in [3.8, 4) is 0 Å². The van der Waals surface area contributed by atoms with Crippen LogP contribution < -0.4 is 0 Å². The molecule has 0 aromatic carbocycles. The monoisotopic (exact) mass is 1370 g/mol. The SMILES string of the molecule is CC(C)C(C)C1CC1C(C)(O)C1CCC2C3CC(OC4OC(C)C(O)C(OC5OCC(OC6OC(C)C(O)C(O)C6OC6OC(C)C(O)C(OC7OCC(O)C(O)C7O)C6O)C(O)C5OC5OC(C)C(O)C(O)C5O)C4O)C4CC(OS(=O)(=O)O)CCC4(C)C3=CCC21C. The highest BCUT2D eigenvalue weighted by Gasteiger charge is 2.67. The average Bonchev–Trinajstić information content (AvgIpc) is 1.40. The minimum absolute atomic E-state index is 0.00639. The number of allylic oxidation sites excluding steroid dienone is 2. The van der Waals surface area contributed by atoms with E-state index < -0.39 is 225 Å². The Hall–Kier alpha value is -1.43. The molecule has 6 heterocycles. The Balaban J connectivity index is 0.839. The van der Waals surface area contributed by atoms with Crippen LogP contribution in [0.4, 0.5) is 0 Å². The van der Waals surface area contributed by atoms with Crippen LogP contribution in [0.1, 0.15) is 121 Å². The fourth-order valence-electron chi connectivity index (χ4n) is 18.0. The van der Waals surface area contributed by atoms with Gasteiger partial charge in [-0.3, -0.25) is 4.55 Å². The first-order chi connectivity index (χ1) is 44.0. The highest BCUT2D eigenvalue weighted by molar-refractivity contribution is 7.80. The number of fused-ring (bicyclic) bond motifs is 5. The second-order valence-corrected chi connectivity index (χ2v) is 31.2. The third-order valence-electron chi connectivity index (χ3n) is 24.1. The van der Waals surface area contributed by atoms with Gasteiger partial charge in [0.1, 0.15) is 110 Å². The van der Waals surface area contributed by atoms with Crippen LogP contribution in [0.15, 0.2) is 11.6 Å². The molecule has 30 nitrogen and oxygen atoms in total. The standard InChI is InChI=1S/C63H104O30S/c1-22(2)23(3)29-18-33(29)63(10,77)38-12-11-31-30-19-36(34-17-28(93-94(78,79)80)13-15-61(34,8)32(30)14-16-62(31,38)9)87-57-49(75)52(42(68)26(6)84-57)90-59-53(91-56-48(74)45(71)39(65)24(4)83-56)44(70)37(21-82-59)88-60-54(46(72)40(66)25(5)86-60)92-58-50(76)51(41(67)27(7)85-58)89-55-47(73)43(69)35(64)20-81-55/h14,22-31,33-60,64-77H,11-13,15-21H2,1-10H3,(H,78,79,80). The van der Waals surface area contributed by atoms with Crippen LogP contribution in [0, 0.1) is 58.2 Å². The first-order valence-corrected chi connectivity index (χ1v) is 35.0. The van der Waals surface area contributed by atoms with Crippen molar-refractivity contribution >= 4 is 10.4 Å². The zero-order valence-corrected chi connectivity index (χ0v) is 55.6. The van der Waals surface area contributed by atoms with Crippen LogP contribution >= 0.6 is 0 Å². The summed E-state index contributed by atoms with van der Waals surface area (Å²) in [7, 11) is -4.87. The topological polar surface area (TPSA) is 458 Å². The van der Waals surface area contributed by atoms with Crippen molar-refractivity contribution in [2.75, 3.05) is 13.2 Å². The van der Waals surface area contributed by atoms with Crippen molar-refractivity contribution < 1.29 is 145 Å². The fraction of sp³-hybridized carbons (Fsp3) is 0.968. The van der Waals surface area contributed by atoms with Crippen molar-refractivity contribution in [2.24, 2.45) is 58.2 Å². The largest absolute Gasteiger partial charge is 0.397 e. The normalized spacial score (nSPS) is 54.2. The molecule has 4 saturated carbocycles. The van der Waals surface area contributed by atoms with Gasteiger partial charge in [-0.2, -0.15) is 8.42 Å². The van der Waals surface area contributed by atoms with Gasteiger partial charge in [0.05, 0.1) is 55.4 Å². The Morgan fingerprint density at radius 1 is 0.532 bits per heavy atom. The Morgan fingerprint density at radius 2 is 1.04 bits per heavy atom. The Kier molecular flexibility index (Phi) is 22.0. The third-order valence-corrected chi connectivity index (χ3v) is 24.6. The number of hydrogen-bond donors (Lipinski definition) is 15. The van der Waals surface area contributed by atoms with Gasteiger partial charge in [0.25, 0.3) is 0 Å². The van der Waals surface area contributed by atoms with Gasteiger partial charge < -0.3 is 128 Å². The maximum atomic E-state index is 12.7. The molecular weight excluding hydrogens is 1270 g/mol. The molecule has 542 valence electrons. The number of aliphatic hydroxyl groups is 14. The lowest BCUT2D eigenvalue weighted by Crippen LogP contribution is -2.67. The quantitative estimate of drug-likeness (QED) is 0.0509. The summed E-state index contributed by atoms with van der Waals surface area (Å²) in [5, 5.41) is 159. The molecule has 11 rings (SSSR count). The summed E-state index contributed by atoms with van der Waals surface area (Å²) in [5.41, 5.74) is -0.610. The van der Waals surface area contributed by atoms with E-state index in [1.807, 2.05) is 6.92 Å². The van der Waals surface area contributed by atoms with Crippen LogP contribution in [-0.4, -0.2) is 288 Å². The van der Waals surface area contributed by atoms with E-state index in [-0.39, 0.29) is 35.5 Å². The van der Waals surface area contributed by atoms with E-state index in [9.17, 15) is 84.5 Å². The van der Waals surface area contributed by atoms with Gasteiger partial charge in [0, 0.05) is 0 Å². The van der Waals surface area contributed by atoms with Gasteiger partial charge in [-0.05, 0) is 144 Å². The van der Waals surface area contributed by atoms with Crippen molar-refractivity contribution in [3.05, 3.63) is 11.6 Å². The first kappa shape index (κ1) is 73.8. The molecule has 10 fully saturated rings. The Bertz CT molecular complexity index is 2720. The van der Waals surface area contributed by atoms with Crippen LogP contribution in [-0.2, 0) is 71.4 Å². The highest BCUT2D eigenvalue weighted by atomic mass is 32.3. The van der Waals surface area contributed by atoms with Gasteiger partial charge in [0.2, 0.25) is 0 Å². The number of aliphatic hydroxyl groups excluding tert-OH is 13. The second-order valence-electron chi connectivity index (χ2n) is 30.2. The molecule has 6 saturated heterocycles. The molecule has 0 spiro atoms. The summed E-state index contributed by atoms with van der Waals surface area (Å²) in [6, 6.07) is 0. The Morgan fingerprint density at radius 3 is 1.65 bits per heavy atom. The number of rotatable bonds is 18. The van der Waals surface area contributed by atoms with E-state index in [0.29, 0.717) is 37.0 Å². The average molecular weight is 1370 g/mol. The van der Waals surface area contributed by atoms with Gasteiger partial charge in [-0.15, -0.1) is 0 Å². The summed E-state index contributed by atoms with van der Waals surface area (Å²) in [4.78, 5) is 0. The summed E-state index contributed by atoms with van der Waals surface area (Å²) >= 11 is 0. The zero-order chi connectivity index (χ0) is 68.5. The molecule has 0 radical (unpaired) electrons. The van der Waals surface area contributed by atoms with Crippen molar-refractivity contribution in [1.82, 2.24) is 0 Å². The van der Waals surface area contributed by atoms with Crippen LogP contribution in [0.2, 0.25) is 0 Å².